The van der Waals surface area contributed by atoms with Crippen molar-refractivity contribution in [1.29, 1.82) is 0 Å². The number of benzene rings is 2. The van der Waals surface area contributed by atoms with Crippen LogP contribution in [-0.2, 0) is 24.3 Å². The van der Waals surface area contributed by atoms with Crippen LogP contribution in [0.15, 0.2) is 53.4 Å². The van der Waals surface area contributed by atoms with Gasteiger partial charge < -0.3 is 19.1 Å². The van der Waals surface area contributed by atoms with Crippen LogP contribution in [0, 0.1) is 0 Å². The predicted molar refractivity (Wildman–Crippen MR) is 115 cm³/mol. The molecule has 1 N–H and O–H groups in total. The number of hydrogen-bond acceptors (Lipinski definition) is 7. The van der Waals surface area contributed by atoms with Crippen molar-refractivity contribution in [3.05, 3.63) is 48.5 Å². The van der Waals surface area contributed by atoms with E-state index in [0.717, 1.165) is 5.69 Å². The molecular formula is C21H23N3O7S. The molecule has 2 aliphatic rings. The van der Waals surface area contributed by atoms with E-state index in [1.807, 2.05) is 0 Å². The molecule has 0 unspecified atom stereocenters. The Morgan fingerprint density at radius 3 is 2.31 bits per heavy atom. The normalized spacial score (nSPS) is 19.2. The van der Waals surface area contributed by atoms with Crippen LogP contribution in [0.5, 0.6) is 5.75 Å². The fraction of sp³-hybridized carbons (Fsp3) is 0.333. The first-order chi connectivity index (χ1) is 15.4. The molecule has 4 rings (SSSR count). The lowest BCUT2D eigenvalue weighted by Crippen LogP contribution is -2.41. The van der Waals surface area contributed by atoms with E-state index >= 15 is 0 Å². The van der Waals surface area contributed by atoms with Gasteiger partial charge in [-0.05, 0) is 48.5 Å². The Morgan fingerprint density at radius 1 is 1.03 bits per heavy atom. The van der Waals surface area contributed by atoms with Crippen molar-refractivity contribution in [3.8, 4) is 5.75 Å². The molecule has 170 valence electrons. The molecule has 1 atom stereocenters. The Balaban J connectivity index is 1.37. The molecule has 10 nitrogen and oxygen atoms in total. The molecule has 0 aliphatic carbocycles. The molecule has 0 bridgehead atoms. The third-order valence-corrected chi connectivity index (χ3v) is 6.64. The Morgan fingerprint density at radius 2 is 1.69 bits per heavy atom. The predicted octanol–water partition coefficient (Wildman–Crippen LogP) is 1.36. The van der Waals surface area contributed by atoms with E-state index in [9.17, 15) is 18.0 Å². The quantitative estimate of drug-likeness (QED) is 0.662. The van der Waals surface area contributed by atoms with Crippen molar-refractivity contribution in [3.63, 3.8) is 0 Å². The SMILES string of the molecule is COc1ccc(S(=O)(=O)NC[C@H]2CN(c3ccc(N4CCOCC4=O)cc3)C(=O)O2)cc1. The number of carbonyl (C=O) groups excluding carboxylic acids is 2. The summed E-state index contributed by atoms with van der Waals surface area (Å²) in [4.78, 5) is 27.4. The molecule has 2 amide bonds. The number of nitrogens with one attached hydrogen (secondary N) is 1. The summed E-state index contributed by atoms with van der Waals surface area (Å²) in [5.41, 5.74) is 1.32. The fourth-order valence-electron chi connectivity index (χ4n) is 3.48. The molecular weight excluding hydrogens is 438 g/mol. The minimum atomic E-state index is -3.76. The maximum atomic E-state index is 12.5. The van der Waals surface area contributed by atoms with E-state index in [2.05, 4.69) is 4.72 Å². The molecule has 0 saturated carbocycles. The average Bonchev–Trinajstić information content (AvgIpc) is 3.19. The fourth-order valence-corrected chi connectivity index (χ4v) is 4.55. The Hall–Kier alpha value is -3.15. The van der Waals surface area contributed by atoms with Crippen molar-refractivity contribution >= 4 is 33.4 Å². The van der Waals surface area contributed by atoms with Gasteiger partial charge in [-0.1, -0.05) is 0 Å². The Kier molecular flexibility index (Phi) is 6.31. The van der Waals surface area contributed by atoms with Crippen molar-refractivity contribution < 1.29 is 32.2 Å². The highest BCUT2D eigenvalue weighted by molar-refractivity contribution is 7.89. The van der Waals surface area contributed by atoms with Crippen LogP contribution in [-0.4, -0.2) is 66.5 Å². The van der Waals surface area contributed by atoms with Crippen LogP contribution in [0.25, 0.3) is 0 Å². The first-order valence-corrected chi connectivity index (χ1v) is 11.5. The van der Waals surface area contributed by atoms with Crippen LogP contribution in [0.2, 0.25) is 0 Å². The van der Waals surface area contributed by atoms with Crippen LogP contribution in [0.1, 0.15) is 0 Å². The number of carbonyl (C=O) groups is 2. The first-order valence-electron chi connectivity index (χ1n) is 9.97. The summed E-state index contributed by atoms with van der Waals surface area (Å²) in [7, 11) is -2.26. The number of ether oxygens (including phenoxy) is 3. The van der Waals surface area contributed by atoms with E-state index in [4.69, 9.17) is 14.2 Å². The lowest BCUT2D eigenvalue weighted by Gasteiger charge is -2.27. The second-order valence-electron chi connectivity index (χ2n) is 7.26. The van der Waals surface area contributed by atoms with E-state index in [1.54, 1.807) is 41.3 Å². The Labute approximate surface area is 185 Å². The molecule has 2 heterocycles. The second-order valence-corrected chi connectivity index (χ2v) is 9.03. The average molecular weight is 461 g/mol. The van der Waals surface area contributed by atoms with Gasteiger partial charge in [-0.3, -0.25) is 9.69 Å². The smallest absolute Gasteiger partial charge is 0.414 e. The van der Waals surface area contributed by atoms with Gasteiger partial charge in [-0.15, -0.1) is 0 Å². The summed E-state index contributed by atoms with van der Waals surface area (Å²) in [5.74, 6) is 0.433. The lowest BCUT2D eigenvalue weighted by atomic mass is 10.2. The number of cyclic esters (lactones) is 1. The highest BCUT2D eigenvalue weighted by atomic mass is 32.2. The molecule has 32 heavy (non-hydrogen) atoms. The third-order valence-electron chi connectivity index (χ3n) is 5.20. The third kappa shape index (κ3) is 4.69. The Bertz CT molecular complexity index is 1090. The molecule has 2 aromatic rings. The monoisotopic (exact) mass is 461 g/mol. The van der Waals surface area contributed by atoms with Crippen LogP contribution in [0.4, 0.5) is 16.2 Å². The van der Waals surface area contributed by atoms with Gasteiger partial charge in [0.05, 0.1) is 25.2 Å². The molecule has 2 aromatic carbocycles. The highest BCUT2D eigenvalue weighted by Crippen LogP contribution is 2.26. The van der Waals surface area contributed by atoms with Gasteiger partial charge >= 0.3 is 6.09 Å². The standard InChI is InChI=1S/C21H23N3O7S/c1-29-17-6-8-19(9-7-17)32(27,28)22-12-18-13-24(21(26)31-18)16-4-2-15(3-5-16)23-10-11-30-14-20(23)25/h2-9,18,22H,10-14H2,1H3/t18-/m0/s1. The molecule has 2 aliphatic heterocycles. The summed E-state index contributed by atoms with van der Waals surface area (Å²) in [6.07, 6.45) is -1.20. The van der Waals surface area contributed by atoms with Gasteiger partial charge in [-0.2, -0.15) is 0 Å². The lowest BCUT2D eigenvalue weighted by molar-refractivity contribution is -0.125. The second kappa shape index (κ2) is 9.15. The molecule has 0 radical (unpaired) electrons. The maximum Gasteiger partial charge on any atom is 0.414 e. The van der Waals surface area contributed by atoms with Crippen molar-refractivity contribution in [1.82, 2.24) is 4.72 Å². The number of morpholine rings is 1. The molecule has 0 aromatic heterocycles. The number of rotatable bonds is 7. The molecule has 2 saturated heterocycles. The molecule has 0 spiro atoms. The molecule has 2 fully saturated rings. The number of hydrogen-bond donors (Lipinski definition) is 1. The maximum absolute atomic E-state index is 12.5. The number of nitrogens with zero attached hydrogens (tertiary/aromatic N) is 2. The largest absolute Gasteiger partial charge is 0.497 e. The first kappa shape index (κ1) is 22.1. The highest BCUT2D eigenvalue weighted by Gasteiger charge is 2.33. The van der Waals surface area contributed by atoms with Gasteiger partial charge in [0.25, 0.3) is 5.91 Å². The van der Waals surface area contributed by atoms with E-state index in [0.29, 0.717) is 24.6 Å². The van der Waals surface area contributed by atoms with Gasteiger partial charge in [0, 0.05) is 24.5 Å². The van der Waals surface area contributed by atoms with Gasteiger partial charge in [-0.25, -0.2) is 17.9 Å². The van der Waals surface area contributed by atoms with Gasteiger partial charge in [0.15, 0.2) is 0 Å². The zero-order valence-electron chi connectivity index (χ0n) is 17.4. The number of sulfonamides is 1. The van der Waals surface area contributed by atoms with Crippen LogP contribution in [0.3, 0.4) is 0 Å². The number of anilines is 2. The van der Waals surface area contributed by atoms with Gasteiger partial charge in [0.1, 0.15) is 18.5 Å². The van der Waals surface area contributed by atoms with Crippen molar-refractivity contribution in [2.24, 2.45) is 0 Å². The number of methoxy groups -OCH3 is 1. The summed E-state index contributed by atoms with van der Waals surface area (Å²) in [6.45, 7) is 1.13. The summed E-state index contributed by atoms with van der Waals surface area (Å²) in [6, 6.07) is 13.0. The van der Waals surface area contributed by atoms with Crippen molar-refractivity contribution in [2.75, 3.05) is 49.8 Å². The zero-order chi connectivity index (χ0) is 22.7. The van der Waals surface area contributed by atoms with E-state index in [1.165, 1.54) is 24.1 Å². The minimum Gasteiger partial charge on any atom is -0.497 e. The zero-order valence-corrected chi connectivity index (χ0v) is 18.2. The number of amides is 2. The summed E-state index contributed by atoms with van der Waals surface area (Å²) < 4.78 is 42.9. The van der Waals surface area contributed by atoms with Gasteiger partial charge in [0.2, 0.25) is 10.0 Å². The minimum absolute atomic E-state index is 0.0499. The van der Waals surface area contributed by atoms with Crippen molar-refractivity contribution in [2.45, 2.75) is 11.0 Å². The molecule has 11 heteroatoms. The summed E-state index contributed by atoms with van der Waals surface area (Å²) >= 11 is 0. The topological polar surface area (TPSA) is 114 Å². The van der Waals surface area contributed by atoms with Crippen LogP contribution < -0.4 is 19.3 Å². The van der Waals surface area contributed by atoms with E-state index in [-0.39, 0.29) is 30.5 Å². The van der Waals surface area contributed by atoms with E-state index < -0.39 is 22.2 Å². The summed E-state index contributed by atoms with van der Waals surface area (Å²) in [5, 5.41) is 0. The van der Waals surface area contributed by atoms with Crippen LogP contribution >= 0.6 is 0 Å².